The van der Waals surface area contributed by atoms with Gasteiger partial charge in [0.05, 0.1) is 24.9 Å². The average Bonchev–Trinajstić information content (AvgIpc) is 3.21. The maximum Gasteiger partial charge on any atom is 0.161 e. The molecule has 170 valence electrons. The number of pyridine rings is 1. The monoisotopic (exact) mass is 479 g/mol. The molecule has 5 nitrogen and oxygen atoms in total. The standard InChI is InChI=1S/C26H26ClN3O2S/c1-31-20-9-8-17(12-21(20)32-2)23-24-18-10-11-30(14-16-6-4-3-5-7-16)15-22(18)33-26(24)29-19(13-28)25(23)27/h3-9,12H,10-11,13-15,28H2,1-2H3. The first-order chi connectivity index (χ1) is 16.1. The molecule has 33 heavy (non-hydrogen) atoms. The summed E-state index contributed by atoms with van der Waals surface area (Å²) in [5.41, 5.74) is 11.4. The molecule has 0 radical (unpaired) electrons. The van der Waals surface area contributed by atoms with Gasteiger partial charge in [-0.15, -0.1) is 11.3 Å². The van der Waals surface area contributed by atoms with Gasteiger partial charge in [0.25, 0.3) is 0 Å². The van der Waals surface area contributed by atoms with Crippen LogP contribution in [0, 0.1) is 0 Å². The van der Waals surface area contributed by atoms with Crippen molar-refractivity contribution in [3.8, 4) is 22.6 Å². The Morgan fingerprint density at radius 1 is 1.09 bits per heavy atom. The van der Waals surface area contributed by atoms with Crippen molar-refractivity contribution < 1.29 is 9.47 Å². The predicted molar refractivity (Wildman–Crippen MR) is 135 cm³/mol. The summed E-state index contributed by atoms with van der Waals surface area (Å²) in [6.07, 6.45) is 0.961. The fraction of sp³-hybridized carbons (Fsp3) is 0.269. The number of hydrogen-bond acceptors (Lipinski definition) is 6. The van der Waals surface area contributed by atoms with Gasteiger partial charge in [0.15, 0.2) is 11.5 Å². The minimum absolute atomic E-state index is 0.289. The van der Waals surface area contributed by atoms with Crippen LogP contribution in [0.15, 0.2) is 48.5 Å². The number of rotatable bonds is 6. The van der Waals surface area contributed by atoms with Crippen molar-refractivity contribution >= 4 is 33.2 Å². The number of nitrogens with two attached hydrogens (primary N) is 1. The third kappa shape index (κ3) is 4.08. The number of halogens is 1. The molecule has 5 rings (SSSR count). The summed E-state index contributed by atoms with van der Waals surface area (Å²) in [6.45, 7) is 3.14. The summed E-state index contributed by atoms with van der Waals surface area (Å²) in [5.74, 6) is 1.36. The molecular weight excluding hydrogens is 454 g/mol. The van der Waals surface area contributed by atoms with Crippen molar-refractivity contribution in [3.63, 3.8) is 0 Å². The van der Waals surface area contributed by atoms with Crippen LogP contribution in [-0.2, 0) is 26.1 Å². The van der Waals surface area contributed by atoms with Gasteiger partial charge in [0.2, 0.25) is 0 Å². The van der Waals surface area contributed by atoms with Gasteiger partial charge in [0, 0.05) is 42.0 Å². The highest BCUT2D eigenvalue weighted by Crippen LogP contribution is 2.45. The van der Waals surface area contributed by atoms with E-state index in [0.29, 0.717) is 22.2 Å². The molecule has 0 unspecified atom stereocenters. The molecule has 2 aromatic carbocycles. The Morgan fingerprint density at radius 2 is 1.88 bits per heavy atom. The second kappa shape index (κ2) is 9.31. The normalized spacial score (nSPS) is 13.8. The first-order valence-electron chi connectivity index (χ1n) is 10.9. The van der Waals surface area contributed by atoms with Crippen molar-refractivity contribution in [3.05, 3.63) is 75.3 Å². The van der Waals surface area contributed by atoms with Crippen LogP contribution in [0.4, 0.5) is 0 Å². The summed E-state index contributed by atoms with van der Waals surface area (Å²) in [5, 5.41) is 1.76. The van der Waals surface area contributed by atoms with Crippen molar-refractivity contribution in [1.82, 2.24) is 9.88 Å². The van der Waals surface area contributed by atoms with E-state index in [2.05, 4.69) is 35.2 Å². The quantitative estimate of drug-likeness (QED) is 0.387. The maximum atomic E-state index is 6.91. The summed E-state index contributed by atoms with van der Waals surface area (Å²) in [4.78, 5) is 9.70. The predicted octanol–water partition coefficient (Wildman–Crippen LogP) is 5.65. The van der Waals surface area contributed by atoms with E-state index in [1.807, 2.05) is 18.2 Å². The van der Waals surface area contributed by atoms with E-state index < -0.39 is 0 Å². The lowest BCUT2D eigenvalue weighted by atomic mass is 9.95. The molecule has 0 aliphatic carbocycles. The number of ether oxygens (including phenoxy) is 2. The number of benzene rings is 2. The zero-order valence-corrected chi connectivity index (χ0v) is 20.3. The van der Waals surface area contributed by atoms with Gasteiger partial charge >= 0.3 is 0 Å². The number of thiophene rings is 1. The number of hydrogen-bond donors (Lipinski definition) is 1. The molecule has 7 heteroatoms. The van der Waals surface area contributed by atoms with Gasteiger partial charge in [-0.05, 0) is 35.2 Å². The van der Waals surface area contributed by atoms with Crippen LogP contribution in [0.25, 0.3) is 21.3 Å². The van der Waals surface area contributed by atoms with Crippen molar-refractivity contribution in [1.29, 1.82) is 0 Å². The molecule has 2 aromatic heterocycles. The van der Waals surface area contributed by atoms with E-state index in [1.165, 1.54) is 16.0 Å². The number of nitrogens with zero attached hydrogens (tertiary/aromatic N) is 2. The highest BCUT2D eigenvalue weighted by molar-refractivity contribution is 7.19. The zero-order valence-electron chi connectivity index (χ0n) is 18.7. The Morgan fingerprint density at radius 3 is 2.61 bits per heavy atom. The zero-order chi connectivity index (χ0) is 22.9. The largest absolute Gasteiger partial charge is 0.493 e. The Balaban J connectivity index is 1.61. The molecule has 0 atom stereocenters. The van der Waals surface area contributed by atoms with Crippen molar-refractivity contribution in [2.45, 2.75) is 26.1 Å². The Hall–Kier alpha value is -2.64. The van der Waals surface area contributed by atoms with Gasteiger partial charge in [-0.2, -0.15) is 0 Å². The molecule has 2 N–H and O–H groups in total. The lowest BCUT2D eigenvalue weighted by molar-refractivity contribution is 0.249. The van der Waals surface area contributed by atoms with E-state index in [-0.39, 0.29) is 6.54 Å². The summed E-state index contributed by atoms with van der Waals surface area (Å²) in [7, 11) is 3.28. The smallest absolute Gasteiger partial charge is 0.161 e. The Kier molecular flexibility index (Phi) is 6.25. The third-order valence-electron chi connectivity index (χ3n) is 6.19. The lowest BCUT2D eigenvalue weighted by Crippen LogP contribution is -2.29. The lowest BCUT2D eigenvalue weighted by Gasteiger charge is -2.27. The minimum atomic E-state index is 0.289. The van der Waals surface area contributed by atoms with Gasteiger partial charge < -0.3 is 15.2 Å². The summed E-state index contributed by atoms with van der Waals surface area (Å²) in [6, 6.07) is 16.5. The molecular formula is C26H26ClN3O2S. The van der Waals surface area contributed by atoms with E-state index in [4.69, 9.17) is 31.8 Å². The second-order valence-electron chi connectivity index (χ2n) is 8.15. The van der Waals surface area contributed by atoms with Gasteiger partial charge in [-0.3, -0.25) is 4.90 Å². The molecule has 0 saturated heterocycles. The van der Waals surface area contributed by atoms with Gasteiger partial charge in [-0.1, -0.05) is 48.0 Å². The molecule has 1 aliphatic rings. The molecule has 1 aliphatic heterocycles. The topological polar surface area (TPSA) is 60.6 Å². The molecule has 3 heterocycles. The number of fused-ring (bicyclic) bond motifs is 3. The Labute approximate surface area is 202 Å². The van der Waals surface area contributed by atoms with Gasteiger partial charge in [0.1, 0.15) is 4.83 Å². The van der Waals surface area contributed by atoms with Gasteiger partial charge in [-0.25, -0.2) is 4.98 Å². The third-order valence-corrected chi connectivity index (χ3v) is 7.71. The Bertz CT molecular complexity index is 1310. The molecule has 0 spiro atoms. The fourth-order valence-electron chi connectivity index (χ4n) is 4.58. The SMILES string of the molecule is COc1ccc(-c2c(Cl)c(CN)nc3sc4c(c23)CCN(Cc2ccccc2)C4)cc1OC. The van der Waals surface area contributed by atoms with Crippen LogP contribution in [0.1, 0.15) is 21.7 Å². The van der Waals surface area contributed by atoms with Crippen LogP contribution >= 0.6 is 22.9 Å². The first kappa shape index (κ1) is 22.2. The molecule has 0 fully saturated rings. The maximum absolute atomic E-state index is 6.91. The molecule has 0 saturated carbocycles. The van der Waals surface area contributed by atoms with E-state index in [0.717, 1.165) is 47.4 Å². The minimum Gasteiger partial charge on any atom is -0.493 e. The first-order valence-corrected chi connectivity index (χ1v) is 12.1. The molecule has 4 aromatic rings. The van der Waals surface area contributed by atoms with Crippen LogP contribution in [0.5, 0.6) is 11.5 Å². The van der Waals surface area contributed by atoms with Crippen LogP contribution in [0.2, 0.25) is 5.02 Å². The summed E-state index contributed by atoms with van der Waals surface area (Å²) >= 11 is 8.66. The van der Waals surface area contributed by atoms with Crippen molar-refractivity contribution in [2.24, 2.45) is 5.73 Å². The molecule has 0 amide bonds. The summed E-state index contributed by atoms with van der Waals surface area (Å²) < 4.78 is 11.0. The highest BCUT2D eigenvalue weighted by Gasteiger charge is 2.26. The second-order valence-corrected chi connectivity index (χ2v) is 9.61. The van der Waals surface area contributed by atoms with Crippen molar-refractivity contribution in [2.75, 3.05) is 20.8 Å². The van der Waals surface area contributed by atoms with E-state index in [1.54, 1.807) is 25.6 Å². The van der Waals surface area contributed by atoms with Crippen LogP contribution in [0.3, 0.4) is 0 Å². The van der Waals surface area contributed by atoms with Crippen LogP contribution in [-0.4, -0.2) is 30.6 Å². The van der Waals surface area contributed by atoms with E-state index in [9.17, 15) is 0 Å². The number of methoxy groups -OCH3 is 2. The van der Waals surface area contributed by atoms with E-state index >= 15 is 0 Å². The molecule has 0 bridgehead atoms. The highest BCUT2D eigenvalue weighted by atomic mass is 35.5. The average molecular weight is 480 g/mol. The fourth-order valence-corrected chi connectivity index (χ4v) is 6.19. The van der Waals surface area contributed by atoms with Crippen LogP contribution < -0.4 is 15.2 Å². The number of aromatic nitrogens is 1.